The zero-order valence-electron chi connectivity index (χ0n) is 14.0. The van der Waals surface area contributed by atoms with Crippen LogP contribution >= 0.6 is 11.6 Å². The molecular formula is C18H17ClN4O2S. The van der Waals surface area contributed by atoms with Gasteiger partial charge in [-0.05, 0) is 36.6 Å². The Morgan fingerprint density at radius 1 is 1.27 bits per heavy atom. The fourth-order valence-electron chi connectivity index (χ4n) is 2.84. The first kappa shape index (κ1) is 18.2. The van der Waals surface area contributed by atoms with E-state index < -0.39 is 10.0 Å². The van der Waals surface area contributed by atoms with Gasteiger partial charge in [-0.3, -0.25) is 9.82 Å². The van der Waals surface area contributed by atoms with Gasteiger partial charge in [0.1, 0.15) is 5.52 Å². The summed E-state index contributed by atoms with van der Waals surface area (Å²) >= 11 is 5.89. The molecule has 6 nitrogen and oxygen atoms in total. The number of nitrogens with one attached hydrogen (secondary N) is 2. The minimum Gasteiger partial charge on any atom is -0.281 e. The summed E-state index contributed by atoms with van der Waals surface area (Å²) in [5.41, 5.74) is 2.67. The lowest BCUT2D eigenvalue weighted by molar-refractivity contribution is 0.607. The van der Waals surface area contributed by atoms with Gasteiger partial charge in [0.05, 0.1) is 29.6 Å². The molecule has 26 heavy (non-hydrogen) atoms. The lowest BCUT2D eigenvalue weighted by Crippen LogP contribution is -2.09. The van der Waals surface area contributed by atoms with E-state index in [9.17, 15) is 13.7 Å². The molecule has 0 aliphatic rings. The van der Waals surface area contributed by atoms with Crippen LogP contribution in [-0.4, -0.2) is 24.9 Å². The van der Waals surface area contributed by atoms with Gasteiger partial charge in [0.15, 0.2) is 0 Å². The lowest BCUT2D eigenvalue weighted by atomic mass is 9.95. The van der Waals surface area contributed by atoms with E-state index in [2.05, 4.69) is 21.0 Å². The first-order valence-electron chi connectivity index (χ1n) is 7.96. The highest BCUT2D eigenvalue weighted by molar-refractivity contribution is 7.92. The van der Waals surface area contributed by atoms with Crippen LogP contribution in [0, 0.1) is 11.3 Å². The number of H-pyrrole nitrogens is 1. The second-order valence-electron chi connectivity index (χ2n) is 6.06. The van der Waals surface area contributed by atoms with Crippen molar-refractivity contribution in [2.75, 3.05) is 11.0 Å². The minimum absolute atomic E-state index is 0.385. The van der Waals surface area contributed by atoms with Crippen LogP contribution in [0.5, 0.6) is 0 Å². The molecule has 0 aliphatic carbocycles. The highest BCUT2D eigenvalue weighted by Crippen LogP contribution is 2.30. The van der Waals surface area contributed by atoms with Crippen LogP contribution < -0.4 is 4.72 Å². The van der Waals surface area contributed by atoms with Crippen LogP contribution in [0.3, 0.4) is 0 Å². The van der Waals surface area contributed by atoms with Crippen molar-refractivity contribution in [3.05, 3.63) is 58.7 Å². The predicted molar refractivity (Wildman–Crippen MR) is 103 cm³/mol. The van der Waals surface area contributed by atoms with Crippen LogP contribution in [0.15, 0.2) is 42.5 Å². The molecular weight excluding hydrogens is 372 g/mol. The Hall–Kier alpha value is -2.56. The Morgan fingerprint density at radius 3 is 2.65 bits per heavy atom. The molecule has 1 atom stereocenters. The first-order valence-corrected chi connectivity index (χ1v) is 10.2. The molecule has 0 saturated heterocycles. The summed E-state index contributed by atoms with van der Waals surface area (Å²) in [7, 11) is -3.41. The molecule has 0 radical (unpaired) electrons. The summed E-state index contributed by atoms with van der Waals surface area (Å²) in [6.07, 6.45) is 2.42. The number of rotatable bonds is 6. The van der Waals surface area contributed by atoms with Gasteiger partial charge in [0.25, 0.3) is 0 Å². The monoisotopic (exact) mass is 388 g/mol. The molecule has 1 aromatic heterocycles. The first-order chi connectivity index (χ1) is 12.4. The molecule has 8 heteroatoms. The van der Waals surface area contributed by atoms with Crippen molar-refractivity contribution in [1.29, 1.82) is 5.26 Å². The number of anilines is 1. The number of fused-ring (bicyclic) bond motifs is 1. The van der Waals surface area contributed by atoms with E-state index in [1.807, 2.05) is 30.3 Å². The Labute approximate surface area is 156 Å². The van der Waals surface area contributed by atoms with Gasteiger partial charge >= 0.3 is 0 Å². The van der Waals surface area contributed by atoms with Gasteiger partial charge in [-0.15, -0.1) is 0 Å². The molecule has 2 aromatic carbocycles. The second kappa shape index (κ2) is 7.36. The van der Waals surface area contributed by atoms with Gasteiger partial charge < -0.3 is 0 Å². The highest BCUT2D eigenvalue weighted by atomic mass is 35.5. The maximum atomic E-state index is 11.5. The topological polar surface area (TPSA) is 98.6 Å². The zero-order valence-corrected chi connectivity index (χ0v) is 15.6. The number of sulfonamides is 1. The van der Waals surface area contributed by atoms with Gasteiger partial charge in [0.2, 0.25) is 10.0 Å². The fraction of sp³-hybridized carbons (Fsp3) is 0.222. The summed E-state index contributed by atoms with van der Waals surface area (Å²) in [5, 5.41) is 18.1. The third-order valence-corrected chi connectivity index (χ3v) is 4.89. The fourth-order valence-corrected chi connectivity index (χ4v) is 3.53. The number of para-hydroxylation sites is 1. The molecule has 134 valence electrons. The smallest absolute Gasteiger partial charge is 0.229 e. The molecule has 1 heterocycles. The van der Waals surface area contributed by atoms with Gasteiger partial charge in [-0.25, -0.2) is 8.42 Å². The molecule has 0 aliphatic heterocycles. The zero-order chi connectivity index (χ0) is 18.7. The molecule has 0 saturated carbocycles. The molecule has 0 spiro atoms. The second-order valence-corrected chi connectivity index (χ2v) is 8.24. The minimum atomic E-state index is -3.41. The van der Waals surface area contributed by atoms with E-state index >= 15 is 0 Å². The van der Waals surface area contributed by atoms with Crippen molar-refractivity contribution in [2.24, 2.45) is 0 Å². The van der Waals surface area contributed by atoms with Crippen molar-refractivity contribution in [3.8, 4) is 6.07 Å². The maximum Gasteiger partial charge on any atom is 0.229 e. The quantitative estimate of drug-likeness (QED) is 0.670. The highest BCUT2D eigenvalue weighted by Gasteiger charge is 2.19. The van der Waals surface area contributed by atoms with Crippen LogP contribution in [0.4, 0.5) is 5.69 Å². The SMILES string of the molecule is CS(=O)(=O)Nc1cccc2c(C(C#N)CCc3ccc(Cl)cc3)[nH]nc12. The third kappa shape index (κ3) is 4.15. The summed E-state index contributed by atoms with van der Waals surface area (Å²) in [6, 6.07) is 15.1. The molecule has 3 aromatic rings. The van der Waals surface area contributed by atoms with Gasteiger partial charge in [-0.2, -0.15) is 10.4 Å². The third-order valence-electron chi connectivity index (χ3n) is 4.05. The van der Waals surface area contributed by atoms with Crippen molar-refractivity contribution in [2.45, 2.75) is 18.8 Å². The maximum absolute atomic E-state index is 11.5. The largest absolute Gasteiger partial charge is 0.281 e. The number of aromatic amines is 1. The van der Waals surface area contributed by atoms with E-state index in [1.54, 1.807) is 12.1 Å². The van der Waals surface area contributed by atoms with Crippen molar-refractivity contribution >= 4 is 38.2 Å². The average molecular weight is 389 g/mol. The van der Waals surface area contributed by atoms with Crippen LogP contribution in [0.2, 0.25) is 5.02 Å². The molecule has 0 fully saturated rings. The summed E-state index contributed by atoms with van der Waals surface area (Å²) in [5.74, 6) is -0.385. The van der Waals surface area contributed by atoms with E-state index in [0.717, 1.165) is 23.6 Å². The standard InChI is InChI=1S/C18H17ClN4O2S/c1-26(24,25)23-16-4-2-3-15-17(21-22-18(15)16)13(11-20)8-5-12-6-9-14(19)10-7-12/h2-4,6-7,9-10,13,23H,5,8H2,1H3,(H,21,22). The van der Waals surface area contributed by atoms with Crippen LogP contribution in [0.1, 0.15) is 23.6 Å². The summed E-state index contributed by atoms with van der Waals surface area (Å²) in [4.78, 5) is 0. The molecule has 3 rings (SSSR count). The van der Waals surface area contributed by atoms with Gasteiger partial charge in [0, 0.05) is 10.4 Å². The normalized spacial score (nSPS) is 12.7. The molecule has 2 N–H and O–H groups in total. The number of hydrogen-bond acceptors (Lipinski definition) is 4. The van der Waals surface area contributed by atoms with E-state index in [1.165, 1.54) is 0 Å². The average Bonchev–Trinajstić information content (AvgIpc) is 3.01. The van der Waals surface area contributed by atoms with Gasteiger partial charge in [-0.1, -0.05) is 35.9 Å². The van der Waals surface area contributed by atoms with Crippen molar-refractivity contribution in [3.63, 3.8) is 0 Å². The predicted octanol–water partition coefficient (Wildman–Crippen LogP) is 3.83. The number of hydrogen-bond donors (Lipinski definition) is 2. The summed E-state index contributed by atoms with van der Waals surface area (Å²) < 4.78 is 25.5. The number of aromatic nitrogens is 2. The van der Waals surface area contributed by atoms with Crippen molar-refractivity contribution in [1.82, 2.24) is 10.2 Å². The van der Waals surface area contributed by atoms with Crippen molar-refractivity contribution < 1.29 is 8.42 Å². The van der Waals surface area contributed by atoms with Crippen LogP contribution in [0.25, 0.3) is 10.9 Å². The van der Waals surface area contributed by atoms with Crippen LogP contribution in [-0.2, 0) is 16.4 Å². The lowest BCUT2D eigenvalue weighted by Gasteiger charge is -2.09. The Balaban J connectivity index is 1.87. The molecule has 0 bridgehead atoms. The number of nitrogens with zero attached hydrogens (tertiary/aromatic N) is 2. The number of halogens is 1. The molecule has 1 unspecified atom stereocenters. The van der Waals surface area contributed by atoms with E-state index in [0.29, 0.717) is 28.3 Å². The molecule has 0 amide bonds. The summed E-state index contributed by atoms with van der Waals surface area (Å²) in [6.45, 7) is 0. The number of nitriles is 1. The Bertz CT molecular complexity index is 1070. The van der Waals surface area contributed by atoms with E-state index in [-0.39, 0.29) is 5.92 Å². The number of aryl methyl sites for hydroxylation is 1. The Kier molecular flexibility index (Phi) is 5.16. The Morgan fingerprint density at radius 2 is 2.00 bits per heavy atom. The number of benzene rings is 2. The van der Waals surface area contributed by atoms with E-state index in [4.69, 9.17) is 11.6 Å².